The molecule has 168 valence electrons. The minimum Gasteiger partial charge on any atom is -0.126 e. The molecule has 0 bridgehead atoms. The number of rotatable bonds is 2. The van der Waals surface area contributed by atoms with Crippen LogP contribution in [0.3, 0.4) is 0 Å². The fourth-order valence-electron chi connectivity index (χ4n) is 3.62. The Morgan fingerprint density at radius 3 is 1.44 bits per heavy atom. The van der Waals surface area contributed by atoms with Gasteiger partial charge in [0.1, 0.15) is 0 Å². The molecule has 0 N–H and O–H groups in total. The van der Waals surface area contributed by atoms with Crippen LogP contribution in [0.25, 0.3) is 21.5 Å². The molecular formula is C30H26Cl2SiTi. The van der Waals surface area contributed by atoms with Gasteiger partial charge in [0.15, 0.2) is 0 Å². The average Bonchev–Trinajstić information content (AvgIpc) is 3.57. The Hall–Kier alpha value is -2.26. The van der Waals surface area contributed by atoms with Gasteiger partial charge in [-0.3, -0.25) is 6.08 Å². The number of allylic oxidation sites excluding steroid dienone is 4. The Balaban J connectivity index is 0.000000191. The fraction of sp³-hybridized carbons (Fsp3) is 0.0333. The van der Waals surface area contributed by atoms with E-state index in [1.165, 1.54) is 31.9 Å². The van der Waals surface area contributed by atoms with Crippen LogP contribution >= 0.6 is 24.8 Å². The van der Waals surface area contributed by atoms with Crippen molar-refractivity contribution in [1.82, 2.24) is 0 Å². The maximum absolute atomic E-state index is 2.99. The van der Waals surface area contributed by atoms with Crippen LogP contribution in [0.1, 0.15) is 6.42 Å². The molecule has 5 aromatic carbocycles. The number of hydrogen-bond acceptors (Lipinski definition) is 0. The maximum Gasteiger partial charge on any atom is -0.0771 e. The molecule has 0 unspecified atom stereocenters. The SMILES string of the molecule is Cl.Cl.[C-]1=CC=CC1.[Ti+2]=[Si](c1ccccc1)c1ccccc1.c1ccc2c(c1)[cH-]c1ccccc12. The van der Waals surface area contributed by atoms with E-state index in [-0.39, 0.29) is 24.8 Å². The van der Waals surface area contributed by atoms with Gasteiger partial charge in [-0.2, -0.15) is 6.08 Å². The zero-order valence-corrected chi connectivity index (χ0v) is 22.9. The van der Waals surface area contributed by atoms with Gasteiger partial charge in [-0.15, -0.1) is 71.0 Å². The van der Waals surface area contributed by atoms with Gasteiger partial charge < -0.3 is 0 Å². The maximum atomic E-state index is 2.99. The number of halogens is 2. The van der Waals surface area contributed by atoms with E-state index in [1.807, 2.05) is 12.2 Å². The van der Waals surface area contributed by atoms with Crippen LogP contribution in [0.5, 0.6) is 0 Å². The fourth-order valence-corrected chi connectivity index (χ4v) is 6.57. The van der Waals surface area contributed by atoms with Crippen molar-refractivity contribution in [3.05, 3.63) is 140 Å². The molecule has 0 heterocycles. The minimum absolute atomic E-state index is 0. The van der Waals surface area contributed by atoms with E-state index in [4.69, 9.17) is 0 Å². The van der Waals surface area contributed by atoms with Crippen LogP contribution in [0, 0.1) is 6.08 Å². The number of fused-ring (bicyclic) bond motifs is 3. The smallest absolute Gasteiger partial charge is 0.0771 e. The molecule has 4 heteroatoms. The van der Waals surface area contributed by atoms with Crippen molar-refractivity contribution in [3.63, 3.8) is 0 Å². The van der Waals surface area contributed by atoms with Crippen LogP contribution in [0.2, 0.25) is 0 Å². The molecule has 0 atom stereocenters. The second-order valence-electron chi connectivity index (χ2n) is 7.43. The molecule has 0 spiro atoms. The molecule has 0 nitrogen and oxygen atoms in total. The predicted molar refractivity (Wildman–Crippen MR) is 151 cm³/mol. The first-order valence-electron chi connectivity index (χ1n) is 10.8. The van der Waals surface area contributed by atoms with Crippen molar-refractivity contribution in [2.75, 3.05) is 0 Å². The molecule has 0 radical (unpaired) electrons. The number of benzene rings is 4. The molecule has 6 rings (SSSR count). The molecule has 0 aromatic heterocycles. The molecule has 0 fully saturated rings. The molecule has 1 aliphatic rings. The van der Waals surface area contributed by atoms with Crippen LogP contribution in [0.15, 0.2) is 133 Å². The average molecular weight is 533 g/mol. The summed E-state index contributed by atoms with van der Waals surface area (Å²) in [6.45, 7) is 0. The summed E-state index contributed by atoms with van der Waals surface area (Å²) in [6, 6.07) is 40.8. The van der Waals surface area contributed by atoms with Crippen molar-refractivity contribution in [2.45, 2.75) is 6.42 Å². The molecule has 0 aliphatic heterocycles. The van der Waals surface area contributed by atoms with Crippen molar-refractivity contribution >= 4 is 62.9 Å². The normalized spacial score (nSPS) is 10.9. The third kappa shape index (κ3) is 7.63. The van der Waals surface area contributed by atoms with E-state index in [2.05, 4.69) is 147 Å². The Labute approximate surface area is 226 Å². The summed E-state index contributed by atoms with van der Waals surface area (Å²) >= 11 is 2.34. The summed E-state index contributed by atoms with van der Waals surface area (Å²) in [5.41, 5.74) is 0. The van der Waals surface area contributed by atoms with E-state index < -0.39 is 6.19 Å². The monoisotopic (exact) mass is 532 g/mol. The summed E-state index contributed by atoms with van der Waals surface area (Å²) in [5, 5.41) is 8.34. The molecule has 0 saturated heterocycles. The van der Waals surface area contributed by atoms with Crippen LogP contribution in [-0.4, -0.2) is 6.19 Å². The van der Waals surface area contributed by atoms with E-state index in [0.29, 0.717) is 0 Å². The third-order valence-electron chi connectivity index (χ3n) is 5.23. The summed E-state index contributed by atoms with van der Waals surface area (Å²) < 4.78 is 0. The van der Waals surface area contributed by atoms with Gasteiger partial charge in [0.25, 0.3) is 0 Å². The van der Waals surface area contributed by atoms with Crippen LogP contribution in [-0.2, 0) is 19.2 Å². The second kappa shape index (κ2) is 14.9. The van der Waals surface area contributed by atoms with Gasteiger partial charge in [0.05, 0.1) is 0 Å². The Kier molecular flexibility index (Phi) is 12.3. The molecule has 5 aromatic rings. The van der Waals surface area contributed by atoms with Gasteiger partial charge >= 0.3 is 96.4 Å². The molecular weight excluding hydrogens is 507 g/mol. The Morgan fingerprint density at radius 2 is 1.06 bits per heavy atom. The van der Waals surface area contributed by atoms with Crippen molar-refractivity contribution < 1.29 is 19.2 Å². The quantitative estimate of drug-likeness (QED) is 0.166. The summed E-state index contributed by atoms with van der Waals surface area (Å²) in [6.07, 6.45) is 9.46. The number of hydrogen-bond donors (Lipinski definition) is 0. The van der Waals surface area contributed by atoms with Gasteiger partial charge in [-0.1, -0.05) is 36.4 Å². The summed E-state index contributed by atoms with van der Waals surface area (Å²) in [7, 11) is 0. The largest absolute Gasteiger partial charge is 0.126 e. The zero-order valence-electron chi connectivity index (χ0n) is 18.7. The second-order valence-corrected chi connectivity index (χ2v) is 11.7. The van der Waals surface area contributed by atoms with Crippen LogP contribution in [0.4, 0.5) is 0 Å². The van der Waals surface area contributed by atoms with Gasteiger partial charge in [0, 0.05) is 0 Å². The topological polar surface area (TPSA) is 0 Å². The molecule has 34 heavy (non-hydrogen) atoms. The van der Waals surface area contributed by atoms with Crippen LogP contribution < -0.4 is 10.4 Å². The Bertz CT molecular complexity index is 1250. The van der Waals surface area contributed by atoms with Crippen molar-refractivity contribution in [3.8, 4) is 0 Å². The van der Waals surface area contributed by atoms with Crippen molar-refractivity contribution in [2.24, 2.45) is 0 Å². The van der Waals surface area contributed by atoms with Gasteiger partial charge in [-0.25, -0.2) is 12.2 Å². The Morgan fingerprint density at radius 1 is 0.618 bits per heavy atom. The third-order valence-corrected chi connectivity index (χ3v) is 9.76. The summed E-state index contributed by atoms with van der Waals surface area (Å²) in [5.74, 6) is 0. The van der Waals surface area contributed by atoms with Gasteiger partial charge in [0.2, 0.25) is 0 Å². The first kappa shape index (κ1) is 28.0. The van der Waals surface area contributed by atoms with Gasteiger partial charge in [-0.05, 0) is 0 Å². The van der Waals surface area contributed by atoms with E-state index in [9.17, 15) is 0 Å². The van der Waals surface area contributed by atoms with E-state index in [0.717, 1.165) is 6.42 Å². The van der Waals surface area contributed by atoms with Crippen molar-refractivity contribution in [1.29, 1.82) is 0 Å². The molecule has 0 saturated carbocycles. The molecule has 0 amide bonds. The summed E-state index contributed by atoms with van der Waals surface area (Å²) in [4.78, 5) is 0. The predicted octanol–water partition coefficient (Wildman–Crippen LogP) is 7.20. The first-order chi connectivity index (χ1) is 15.8. The standard InChI is InChI=1S/C13H9.C12H10Si.C5H5.2ClH.Ti/c1-3-7-12-10(5-1)9-11-6-2-4-8-13(11)12;1-3-7-11(8-4-1)13-12-9-5-2-6-10-12;1-2-4-5-3-1;;;/h1-9H;1-10H;1-3H,4H2;2*1H;/q-1;;-1;;;+2. The zero-order chi connectivity index (χ0) is 22.0. The van der Waals surface area contributed by atoms with E-state index in [1.54, 1.807) is 0 Å². The first-order valence-corrected chi connectivity index (χ1v) is 14.6. The van der Waals surface area contributed by atoms with E-state index >= 15 is 0 Å². The minimum atomic E-state index is -0.545. The molecule has 1 aliphatic carbocycles.